The molecule has 0 spiro atoms. The standard InChI is InChI=1S/C26H27ClN4O5S2/c1-16(32)19-9-6-10-20-23(19)24(30-38(34,35)22-12-11-21(27)37-22)29-31(20)15-18-8-5-7-17(13-18)14-28-25(33)36-26(2,3)4/h5-13H,14-15H2,1-4H3,(H,28,33)(H,29,30). The maximum Gasteiger partial charge on any atom is 0.407 e. The van der Waals surface area contributed by atoms with E-state index >= 15 is 0 Å². The van der Waals surface area contributed by atoms with Crippen LogP contribution in [0, 0.1) is 0 Å². The maximum atomic E-state index is 13.0. The summed E-state index contributed by atoms with van der Waals surface area (Å²) in [7, 11) is -3.98. The zero-order valence-corrected chi connectivity index (χ0v) is 23.6. The minimum atomic E-state index is -3.98. The van der Waals surface area contributed by atoms with Crippen LogP contribution in [0.2, 0.25) is 4.34 Å². The number of amides is 1. The van der Waals surface area contributed by atoms with Crippen molar-refractivity contribution in [2.45, 2.75) is 50.6 Å². The number of carbonyl (C=O) groups excluding carboxylic acids is 2. The maximum absolute atomic E-state index is 13.0. The van der Waals surface area contributed by atoms with Gasteiger partial charge in [0.15, 0.2) is 11.6 Å². The van der Waals surface area contributed by atoms with Crippen molar-refractivity contribution in [1.29, 1.82) is 0 Å². The average Bonchev–Trinajstić information content (AvgIpc) is 3.41. The van der Waals surface area contributed by atoms with Crippen LogP contribution in [0.1, 0.15) is 49.2 Å². The Morgan fingerprint density at radius 2 is 1.79 bits per heavy atom. The number of carbonyl (C=O) groups is 2. The predicted octanol–water partition coefficient (Wildman–Crippen LogP) is 5.83. The van der Waals surface area contributed by atoms with Crippen LogP contribution >= 0.6 is 22.9 Å². The second kappa shape index (κ2) is 10.8. The molecule has 1 amide bonds. The van der Waals surface area contributed by atoms with E-state index in [1.165, 1.54) is 19.1 Å². The number of nitrogens with zero attached hydrogens (tertiary/aromatic N) is 2. The molecule has 2 aromatic carbocycles. The van der Waals surface area contributed by atoms with E-state index in [1.54, 1.807) is 43.7 Å². The number of thiophene rings is 1. The summed E-state index contributed by atoms with van der Waals surface area (Å²) in [6.45, 7) is 7.37. The van der Waals surface area contributed by atoms with Gasteiger partial charge in [-0.15, -0.1) is 11.3 Å². The van der Waals surface area contributed by atoms with Crippen molar-refractivity contribution in [3.63, 3.8) is 0 Å². The van der Waals surface area contributed by atoms with Crippen LogP contribution < -0.4 is 10.0 Å². The van der Waals surface area contributed by atoms with E-state index in [4.69, 9.17) is 16.3 Å². The van der Waals surface area contributed by atoms with E-state index in [-0.39, 0.29) is 22.4 Å². The first-order valence-electron chi connectivity index (χ1n) is 11.7. The highest BCUT2D eigenvalue weighted by molar-refractivity contribution is 7.94. The minimum Gasteiger partial charge on any atom is -0.444 e. The Kier molecular flexibility index (Phi) is 7.82. The zero-order valence-electron chi connectivity index (χ0n) is 21.2. The van der Waals surface area contributed by atoms with Crippen molar-refractivity contribution < 1.29 is 22.7 Å². The summed E-state index contributed by atoms with van der Waals surface area (Å²) in [6.07, 6.45) is -0.512. The summed E-state index contributed by atoms with van der Waals surface area (Å²) >= 11 is 6.86. The van der Waals surface area contributed by atoms with Crippen LogP contribution in [-0.2, 0) is 27.8 Å². The van der Waals surface area contributed by atoms with Crippen LogP contribution in [0.5, 0.6) is 0 Å². The SMILES string of the molecule is CC(=O)c1cccc2c1c(NS(=O)(=O)c1ccc(Cl)s1)nn2Cc1cccc(CNC(=O)OC(C)(C)C)c1. The van der Waals surface area contributed by atoms with E-state index in [1.807, 2.05) is 24.3 Å². The number of hydrogen-bond donors (Lipinski definition) is 2. The lowest BCUT2D eigenvalue weighted by Gasteiger charge is -2.19. The molecule has 4 rings (SSSR count). The summed E-state index contributed by atoms with van der Waals surface area (Å²) in [5.74, 6) is -0.164. The van der Waals surface area contributed by atoms with Crippen molar-refractivity contribution >= 4 is 61.6 Å². The second-order valence-electron chi connectivity index (χ2n) is 9.60. The number of ether oxygens (including phenoxy) is 1. The summed E-state index contributed by atoms with van der Waals surface area (Å²) in [5.41, 5.74) is 2.07. The quantitative estimate of drug-likeness (QED) is 0.256. The number of benzene rings is 2. The molecule has 0 atom stereocenters. The van der Waals surface area contributed by atoms with Gasteiger partial charge < -0.3 is 10.1 Å². The number of Topliss-reactive ketones (excluding diaryl/α,β-unsaturated/α-hetero) is 1. The molecule has 0 radical (unpaired) electrons. The summed E-state index contributed by atoms with van der Waals surface area (Å²) in [4.78, 5) is 24.4. The van der Waals surface area contributed by atoms with Gasteiger partial charge in [-0.2, -0.15) is 5.10 Å². The number of halogens is 1. The Hall–Kier alpha value is -3.41. The molecule has 0 aliphatic rings. The molecule has 0 aliphatic carbocycles. The van der Waals surface area contributed by atoms with Crippen molar-refractivity contribution in [3.05, 3.63) is 75.6 Å². The second-order valence-corrected chi connectivity index (χ2v) is 13.2. The number of hydrogen-bond acceptors (Lipinski definition) is 7. The topological polar surface area (TPSA) is 119 Å². The fraction of sp³-hybridized carbons (Fsp3) is 0.269. The fourth-order valence-electron chi connectivity index (χ4n) is 3.83. The number of fused-ring (bicyclic) bond motifs is 1. The predicted molar refractivity (Wildman–Crippen MR) is 148 cm³/mol. The van der Waals surface area contributed by atoms with Crippen molar-refractivity contribution in [2.24, 2.45) is 0 Å². The van der Waals surface area contributed by atoms with Crippen molar-refractivity contribution in [1.82, 2.24) is 15.1 Å². The molecule has 38 heavy (non-hydrogen) atoms. The molecule has 2 heterocycles. The smallest absolute Gasteiger partial charge is 0.407 e. The molecule has 0 fully saturated rings. The third-order valence-corrected chi connectivity index (χ3v) is 8.42. The van der Waals surface area contributed by atoms with Gasteiger partial charge in [0.1, 0.15) is 9.81 Å². The summed E-state index contributed by atoms with van der Waals surface area (Å²) < 4.78 is 35.9. The van der Waals surface area contributed by atoms with Crippen molar-refractivity contribution in [2.75, 3.05) is 4.72 Å². The number of aromatic nitrogens is 2. The van der Waals surface area contributed by atoms with E-state index in [0.29, 0.717) is 27.3 Å². The lowest BCUT2D eigenvalue weighted by Crippen LogP contribution is -2.32. The first kappa shape index (κ1) is 27.6. The first-order valence-corrected chi connectivity index (χ1v) is 14.3. The number of alkyl carbamates (subject to hydrolysis) is 1. The van der Waals surface area contributed by atoms with Crippen LogP contribution in [-0.4, -0.2) is 35.7 Å². The fourth-order valence-corrected chi connectivity index (χ4v) is 6.33. The number of sulfonamides is 1. The number of anilines is 1. The monoisotopic (exact) mass is 574 g/mol. The lowest BCUT2D eigenvalue weighted by molar-refractivity contribution is 0.0523. The highest BCUT2D eigenvalue weighted by Gasteiger charge is 2.23. The molecular formula is C26H27ClN4O5S2. The van der Waals surface area contributed by atoms with Gasteiger partial charge in [0.2, 0.25) is 0 Å². The molecule has 200 valence electrons. The van der Waals surface area contributed by atoms with Gasteiger partial charge in [0.25, 0.3) is 10.0 Å². The molecule has 2 aromatic heterocycles. The molecule has 4 aromatic rings. The molecule has 12 heteroatoms. The Labute approximate surface area is 229 Å². The third-order valence-electron chi connectivity index (χ3n) is 5.36. The van der Waals surface area contributed by atoms with Crippen molar-refractivity contribution in [3.8, 4) is 0 Å². The average molecular weight is 575 g/mol. The molecule has 0 saturated carbocycles. The van der Waals surface area contributed by atoms with Crippen LogP contribution in [0.25, 0.3) is 10.9 Å². The highest BCUT2D eigenvalue weighted by atomic mass is 35.5. The Morgan fingerprint density at radius 3 is 2.45 bits per heavy atom. The normalized spacial score (nSPS) is 11.9. The Balaban J connectivity index is 1.65. The van der Waals surface area contributed by atoms with Gasteiger partial charge in [-0.05, 0) is 57.0 Å². The van der Waals surface area contributed by atoms with E-state index in [2.05, 4.69) is 15.1 Å². The van der Waals surface area contributed by atoms with Gasteiger partial charge >= 0.3 is 6.09 Å². The van der Waals surface area contributed by atoms with E-state index in [0.717, 1.165) is 22.5 Å². The van der Waals surface area contributed by atoms with E-state index in [9.17, 15) is 18.0 Å². The number of rotatable bonds is 8. The zero-order chi connectivity index (χ0) is 27.7. The van der Waals surface area contributed by atoms with Crippen LogP contribution in [0.4, 0.5) is 10.6 Å². The molecule has 0 saturated heterocycles. The molecule has 0 unspecified atom stereocenters. The summed E-state index contributed by atoms with van der Waals surface area (Å²) in [6, 6.07) is 15.6. The molecule has 0 aliphatic heterocycles. The summed E-state index contributed by atoms with van der Waals surface area (Å²) in [5, 5.41) is 7.69. The molecule has 2 N–H and O–H groups in total. The highest BCUT2D eigenvalue weighted by Crippen LogP contribution is 2.32. The van der Waals surface area contributed by atoms with Gasteiger partial charge in [-0.3, -0.25) is 14.2 Å². The van der Waals surface area contributed by atoms with Crippen LogP contribution in [0.3, 0.4) is 0 Å². The molecular weight excluding hydrogens is 548 g/mol. The molecule has 9 nitrogen and oxygen atoms in total. The molecule has 0 bridgehead atoms. The lowest BCUT2D eigenvalue weighted by atomic mass is 10.1. The first-order chi connectivity index (χ1) is 17.8. The number of nitrogens with one attached hydrogen (secondary N) is 2. The minimum absolute atomic E-state index is 0.0377. The largest absolute Gasteiger partial charge is 0.444 e. The van der Waals surface area contributed by atoms with E-state index < -0.39 is 21.7 Å². The van der Waals surface area contributed by atoms with Gasteiger partial charge in [0.05, 0.1) is 21.8 Å². The van der Waals surface area contributed by atoms with Crippen LogP contribution in [0.15, 0.2) is 58.8 Å². The van der Waals surface area contributed by atoms with Gasteiger partial charge in [-0.25, -0.2) is 13.2 Å². The van der Waals surface area contributed by atoms with Gasteiger partial charge in [-0.1, -0.05) is 48.0 Å². The third kappa shape index (κ3) is 6.53. The Morgan fingerprint density at radius 1 is 1.08 bits per heavy atom. The Bertz CT molecular complexity index is 1620. The number of ketones is 1. The van der Waals surface area contributed by atoms with Gasteiger partial charge in [0, 0.05) is 12.1 Å².